The number of hydrogen-bond acceptors (Lipinski definition) is 2. The molecule has 0 fully saturated rings. The number of anilines is 3. The van der Waals surface area contributed by atoms with Crippen LogP contribution >= 0.6 is 0 Å². The van der Waals surface area contributed by atoms with E-state index < -0.39 is 0 Å². The van der Waals surface area contributed by atoms with Crippen molar-refractivity contribution in [2.75, 3.05) is 4.90 Å². The molecule has 0 bridgehead atoms. The third kappa shape index (κ3) is 7.06. The zero-order valence-corrected chi connectivity index (χ0v) is 38.7. The molecule has 12 aromatic carbocycles. The van der Waals surface area contributed by atoms with Gasteiger partial charge in [0.1, 0.15) is 11.2 Å². The Morgan fingerprint density at radius 1 is 0.254 bits per heavy atom. The summed E-state index contributed by atoms with van der Waals surface area (Å²) in [6.07, 6.45) is 0. The summed E-state index contributed by atoms with van der Waals surface area (Å²) < 4.78 is 8.66. The molecule has 3 heteroatoms. The van der Waals surface area contributed by atoms with Crippen molar-refractivity contribution in [2.24, 2.45) is 0 Å². The Hall–Kier alpha value is -9.44. The number of benzene rings is 12. The van der Waals surface area contributed by atoms with E-state index in [1.807, 2.05) is 12.1 Å². The molecule has 71 heavy (non-hydrogen) atoms. The maximum absolute atomic E-state index is 6.28. The van der Waals surface area contributed by atoms with Crippen molar-refractivity contribution in [1.82, 2.24) is 4.57 Å². The SMILES string of the molecule is c1cc(-c2ccc3c(ccc4ccccc43)c2)cc(N(c2ccc(-c3ccc(-c4cccc(-n5c6ccccc6c6ccccc65)c4)cc3)cc2)c2ccc(-c3ccc4c(c3)oc3ccccc34)cc2)c1. The number of aromatic nitrogens is 1. The Morgan fingerprint density at radius 3 is 1.41 bits per heavy atom. The predicted molar refractivity (Wildman–Crippen MR) is 299 cm³/mol. The first kappa shape index (κ1) is 40.6. The summed E-state index contributed by atoms with van der Waals surface area (Å²) in [6, 6.07) is 96.7. The number of fused-ring (bicyclic) bond motifs is 9. The number of rotatable bonds is 8. The normalized spacial score (nSPS) is 11.7. The highest BCUT2D eigenvalue weighted by molar-refractivity contribution is 6.10. The van der Waals surface area contributed by atoms with E-state index in [0.717, 1.165) is 66.9 Å². The summed E-state index contributed by atoms with van der Waals surface area (Å²) in [4.78, 5) is 2.36. The molecule has 0 saturated carbocycles. The van der Waals surface area contributed by atoms with Gasteiger partial charge in [-0.15, -0.1) is 0 Å². The minimum absolute atomic E-state index is 0.896. The molecule has 0 aliphatic carbocycles. The van der Waals surface area contributed by atoms with Crippen LogP contribution in [0.4, 0.5) is 17.1 Å². The van der Waals surface area contributed by atoms with Crippen molar-refractivity contribution < 1.29 is 4.42 Å². The van der Waals surface area contributed by atoms with Crippen LogP contribution in [0, 0.1) is 0 Å². The number of nitrogens with zero attached hydrogens (tertiary/aromatic N) is 2. The van der Waals surface area contributed by atoms with Gasteiger partial charge >= 0.3 is 0 Å². The van der Waals surface area contributed by atoms with Gasteiger partial charge in [-0.1, -0.05) is 182 Å². The highest BCUT2D eigenvalue weighted by atomic mass is 16.3. The lowest BCUT2D eigenvalue weighted by atomic mass is 9.97. The second-order valence-corrected chi connectivity index (χ2v) is 18.5. The van der Waals surface area contributed by atoms with Gasteiger partial charge in [-0.25, -0.2) is 0 Å². The first-order valence-electron chi connectivity index (χ1n) is 24.3. The molecule has 2 heterocycles. The molecule has 14 aromatic rings. The molecule has 0 amide bonds. The number of furan rings is 1. The van der Waals surface area contributed by atoms with Crippen molar-refractivity contribution in [3.8, 4) is 50.2 Å². The zero-order valence-electron chi connectivity index (χ0n) is 38.7. The lowest BCUT2D eigenvalue weighted by Gasteiger charge is -2.26. The third-order valence-corrected chi connectivity index (χ3v) is 14.4. The standard InChI is InChI=1S/C68H44N2O/c1-2-16-59-49(11-1)27-28-54-41-52(33-39-60(54)59)51-13-10-14-57(43-51)69(56-37-31-48(32-38-56)53-34-40-64-63-19-5-8-22-67(63)71-68(64)44-53)55-35-29-46(30-36-55)45-23-25-47(26-24-45)50-12-9-15-58(42-50)70-65-20-6-3-17-61(65)62-18-4-7-21-66(62)70/h1-44H. The molecule has 0 aliphatic heterocycles. The summed E-state index contributed by atoms with van der Waals surface area (Å²) in [7, 11) is 0. The van der Waals surface area contributed by atoms with Gasteiger partial charge < -0.3 is 13.9 Å². The van der Waals surface area contributed by atoms with Crippen LogP contribution < -0.4 is 4.90 Å². The number of para-hydroxylation sites is 3. The van der Waals surface area contributed by atoms with E-state index in [2.05, 4.69) is 264 Å². The van der Waals surface area contributed by atoms with Gasteiger partial charge in [-0.3, -0.25) is 0 Å². The summed E-state index contributed by atoms with van der Waals surface area (Å²) in [5.74, 6) is 0. The van der Waals surface area contributed by atoms with E-state index in [-0.39, 0.29) is 0 Å². The lowest BCUT2D eigenvalue weighted by Crippen LogP contribution is -2.10. The zero-order chi connectivity index (χ0) is 46.8. The van der Waals surface area contributed by atoms with Gasteiger partial charge in [0.05, 0.1) is 11.0 Å². The van der Waals surface area contributed by atoms with Crippen molar-refractivity contribution >= 4 is 82.4 Å². The van der Waals surface area contributed by atoms with Gasteiger partial charge in [0, 0.05) is 44.3 Å². The van der Waals surface area contributed by atoms with Gasteiger partial charge in [0.25, 0.3) is 0 Å². The highest BCUT2D eigenvalue weighted by Crippen LogP contribution is 2.41. The molecule has 0 saturated heterocycles. The monoisotopic (exact) mass is 904 g/mol. The van der Waals surface area contributed by atoms with Gasteiger partial charge in [0.15, 0.2) is 0 Å². The molecular weight excluding hydrogens is 861 g/mol. The molecule has 0 N–H and O–H groups in total. The maximum Gasteiger partial charge on any atom is 0.136 e. The van der Waals surface area contributed by atoms with Crippen LogP contribution in [0.25, 0.3) is 115 Å². The fraction of sp³-hybridized carbons (Fsp3) is 0. The van der Waals surface area contributed by atoms with E-state index in [4.69, 9.17) is 4.42 Å². The van der Waals surface area contributed by atoms with E-state index in [1.165, 1.54) is 65.6 Å². The highest BCUT2D eigenvalue weighted by Gasteiger charge is 2.17. The van der Waals surface area contributed by atoms with Crippen LogP contribution in [-0.2, 0) is 0 Å². The van der Waals surface area contributed by atoms with Crippen LogP contribution in [0.2, 0.25) is 0 Å². The summed E-state index contributed by atoms with van der Waals surface area (Å²) in [5.41, 5.74) is 17.9. The molecule has 0 spiro atoms. The van der Waals surface area contributed by atoms with Gasteiger partial charge in [-0.05, 0) is 151 Å². The second-order valence-electron chi connectivity index (χ2n) is 18.5. The van der Waals surface area contributed by atoms with Crippen molar-refractivity contribution in [3.05, 3.63) is 267 Å². The Balaban J connectivity index is 0.801. The summed E-state index contributed by atoms with van der Waals surface area (Å²) in [5, 5.41) is 9.83. The molecular formula is C68H44N2O. The van der Waals surface area contributed by atoms with E-state index in [0.29, 0.717) is 0 Å². The maximum atomic E-state index is 6.28. The number of hydrogen-bond donors (Lipinski definition) is 0. The summed E-state index contributed by atoms with van der Waals surface area (Å²) >= 11 is 0. The molecule has 14 rings (SSSR count). The summed E-state index contributed by atoms with van der Waals surface area (Å²) in [6.45, 7) is 0. The smallest absolute Gasteiger partial charge is 0.136 e. The Labute approximate surface area is 411 Å². The van der Waals surface area contributed by atoms with Crippen molar-refractivity contribution in [1.29, 1.82) is 0 Å². The van der Waals surface area contributed by atoms with E-state index in [1.54, 1.807) is 0 Å². The average Bonchev–Trinajstić information content (AvgIpc) is 3.99. The molecule has 0 aliphatic rings. The largest absolute Gasteiger partial charge is 0.456 e. The minimum atomic E-state index is 0.896. The molecule has 0 unspecified atom stereocenters. The van der Waals surface area contributed by atoms with E-state index >= 15 is 0 Å². The second kappa shape index (κ2) is 16.7. The van der Waals surface area contributed by atoms with Crippen LogP contribution in [-0.4, -0.2) is 4.57 Å². The predicted octanol–water partition coefficient (Wildman–Crippen LogP) is 19.1. The molecule has 3 nitrogen and oxygen atoms in total. The first-order valence-corrected chi connectivity index (χ1v) is 24.3. The molecule has 0 atom stereocenters. The Bertz CT molecular complexity index is 4280. The van der Waals surface area contributed by atoms with Gasteiger partial charge in [-0.2, -0.15) is 0 Å². The third-order valence-electron chi connectivity index (χ3n) is 14.4. The van der Waals surface area contributed by atoms with Crippen molar-refractivity contribution in [3.63, 3.8) is 0 Å². The van der Waals surface area contributed by atoms with Crippen LogP contribution in [0.3, 0.4) is 0 Å². The minimum Gasteiger partial charge on any atom is -0.456 e. The lowest BCUT2D eigenvalue weighted by molar-refractivity contribution is 0.669. The molecule has 2 aromatic heterocycles. The topological polar surface area (TPSA) is 21.3 Å². The Kier molecular flexibility index (Phi) is 9.53. The molecule has 0 radical (unpaired) electrons. The van der Waals surface area contributed by atoms with Crippen LogP contribution in [0.15, 0.2) is 271 Å². The van der Waals surface area contributed by atoms with E-state index in [9.17, 15) is 0 Å². The molecule has 332 valence electrons. The first-order chi connectivity index (χ1) is 35.2. The van der Waals surface area contributed by atoms with Crippen LogP contribution in [0.1, 0.15) is 0 Å². The van der Waals surface area contributed by atoms with Crippen molar-refractivity contribution in [2.45, 2.75) is 0 Å². The van der Waals surface area contributed by atoms with Crippen LogP contribution in [0.5, 0.6) is 0 Å². The quantitative estimate of drug-likeness (QED) is 0.142. The van der Waals surface area contributed by atoms with Gasteiger partial charge in [0.2, 0.25) is 0 Å². The average molecular weight is 905 g/mol. The Morgan fingerprint density at radius 2 is 0.718 bits per heavy atom. The fourth-order valence-corrected chi connectivity index (χ4v) is 10.9. The fourth-order valence-electron chi connectivity index (χ4n) is 10.9.